The number of hydrogen-bond acceptors (Lipinski definition) is 3. The normalized spacial score (nSPS) is 10.1. The number of hydrogen-bond donors (Lipinski definition) is 1. The minimum atomic E-state index is -0.383. The van der Waals surface area contributed by atoms with E-state index in [1.54, 1.807) is 12.1 Å². The van der Waals surface area contributed by atoms with E-state index < -0.39 is 0 Å². The number of nitrogen functional groups attached to an aromatic ring is 1. The van der Waals surface area contributed by atoms with E-state index in [9.17, 15) is 4.39 Å². The van der Waals surface area contributed by atoms with Crippen molar-refractivity contribution in [2.24, 2.45) is 0 Å². The molecule has 2 aromatic carbocycles. The van der Waals surface area contributed by atoms with E-state index in [4.69, 9.17) is 11.0 Å². The van der Waals surface area contributed by atoms with E-state index in [-0.39, 0.29) is 5.82 Å². The number of halogens is 2. The van der Waals surface area contributed by atoms with Gasteiger partial charge in [-0.05, 0) is 39.7 Å². The molecule has 0 bridgehead atoms. The van der Waals surface area contributed by atoms with E-state index in [2.05, 4.69) is 22.0 Å². The Morgan fingerprint density at radius 2 is 2.10 bits per heavy atom. The zero-order valence-electron chi connectivity index (χ0n) is 10.9. The molecular weight excluding hydrogens is 321 g/mol. The molecule has 5 heteroatoms. The quantitative estimate of drug-likeness (QED) is 0.871. The molecule has 0 atom stereocenters. The first-order valence-electron chi connectivity index (χ1n) is 5.96. The van der Waals surface area contributed by atoms with Gasteiger partial charge in [0.1, 0.15) is 5.82 Å². The topological polar surface area (TPSA) is 53.0 Å². The summed E-state index contributed by atoms with van der Waals surface area (Å²) >= 11 is 3.16. The summed E-state index contributed by atoms with van der Waals surface area (Å²) in [5.41, 5.74) is 8.57. The molecule has 0 aliphatic rings. The van der Waals surface area contributed by atoms with Gasteiger partial charge in [0.15, 0.2) is 0 Å². The monoisotopic (exact) mass is 333 g/mol. The second-order valence-corrected chi connectivity index (χ2v) is 5.35. The van der Waals surface area contributed by atoms with Gasteiger partial charge in [-0.25, -0.2) is 4.39 Å². The molecule has 0 unspecified atom stereocenters. The zero-order valence-corrected chi connectivity index (χ0v) is 12.5. The van der Waals surface area contributed by atoms with Crippen molar-refractivity contribution in [1.29, 1.82) is 5.26 Å². The lowest BCUT2D eigenvalue weighted by molar-refractivity contribution is 0.621. The van der Waals surface area contributed by atoms with E-state index in [1.165, 1.54) is 6.07 Å². The van der Waals surface area contributed by atoms with Crippen molar-refractivity contribution in [2.75, 3.05) is 17.7 Å². The number of nitriles is 1. The number of nitrogens with zero attached hydrogens (tertiary/aromatic N) is 2. The third-order valence-electron chi connectivity index (χ3n) is 2.96. The Hall–Kier alpha value is -2.06. The van der Waals surface area contributed by atoms with Crippen LogP contribution in [0, 0.1) is 17.1 Å². The van der Waals surface area contributed by atoms with Gasteiger partial charge >= 0.3 is 0 Å². The molecule has 0 spiro atoms. The number of anilines is 2. The summed E-state index contributed by atoms with van der Waals surface area (Å²) in [5, 5.41) is 8.89. The molecule has 0 heterocycles. The second kappa shape index (κ2) is 5.93. The van der Waals surface area contributed by atoms with Crippen LogP contribution < -0.4 is 10.6 Å². The Kier molecular flexibility index (Phi) is 4.26. The maximum absolute atomic E-state index is 13.4. The summed E-state index contributed by atoms with van der Waals surface area (Å²) < 4.78 is 13.7. The van der Waals surface area contributed by atoms with E-state index >= 15 is 0 Å². The number of rotatable bonds is 3. The maximum Gasteiger partial charge on any atom is 0.139 e. The van der Waals surface area contributed by atoms with E-state index in [1.807, 2.05) is 30.1 Å². The summed E-state index contributed by atoms with van der Waals surface area (Å²) in [6.07, 6.45) is 0. The number of nitrogens with two attached hydrogens (primary N) is 1. The fourth-order valence-electron chi connectivity index (χ4n) is 1.98. The molecule has 0 saturated heterocycles. The lowest BCUT2D eigenvalue weighted by Gasteiger charge is -2.21. The molecule has 0 aromatic heterocycles. The van der Waals surface area contributed by atoms with Crippen LogP contribution in [0.2, 0.25) is 0 Å². The number of benzene rings is 2. The SMILES string of the molecule is CN(Cc1cccc(C#N)c1)c1cc(Br)c(F)cc1N. The van der Waals surface area contributed by atoms with Crippen molar-refractivity contribution in [3.8, 4) is 6.07 Å². The largest absolute Gasteiger partial charge is 0.397 e. The highest BCUT2D eigenvalue weighted by Crippen LogP contribution is 2.29. The molecule has 20 heavy (non-hydrogen) atoms. The lowest BCUT2D eigenvalue weighted by Crippen LogP contribution is -2.18. The van der Waals surface area contributed by atoms with Crippen LogP contribution in [0.3, 0.4) is 0 Å². The second-order valence-electron chi connectivity index (χ2n) is 4.49. The predicted molar refractivity (Wildman–Crippen MR) is 81.8 cm³/mol. The Bertz CT molecular complexity index is 679. The summed E-state index contributed by atoms with van der Waals surface area (Å²) in [6.45, 7) is 0.581. The third-order valence-corrected chi connectivity index (χ3v) is 3.56. The Morgan fingerprint density at radius 1 is 1.35 bits per heavy atom. The van der Waals surface area contributed by atoms with Crippen molar-refractivity contribution in [1.82, 2.24) is 0 Å². The standard InChI is InChI=1S/C15H13BrFN3/c1-20(9-11-4-2-3-10(5-11)8-18)15-6-12(16)13(17)7-14(15)19/h2-7H,9,19H2,1H3. The van der Waals surface area contributed by atoms with Crippen LogP contribution in [-0.2, 0) is 6.54 Å². The first-order valence-corrected chi connectivity index (χ1v) is 6.75. The van der Waals surface area contributed by atoms with Crippen LogP contribution in [0.25, 0.3) is 0 Å². The maximum atomic E-state index is 13.4. The van der Waals surface area contributed by atoms with Gasteiger partial charge in [-0.2, -0.15) is 5.26 Å². The minimum absolute atomic E-state index is 0.374. The van der Waals surface area contributed by atoms with Crippen LogP contribution >= 0.6 is 15.9 Å². The molecule has 2 rings (SSSR count). The van der Waals surface area contributed by atoms with Crippen LogP contribution in [0.5, 0.6) is 0 Å². The van der Waals surface area contributed by atoms with Crippen LogP contribution in [0.15, 0.2) is 40.9 Å². The van der Waals surface area contributed by atoms with Gasteiger partial charge < -0.3 is 10.6 Å². The molecule has 0 aliphatic carbocycles. The molecule has 0 saturated carbocycles. The summed E-state index contributed by atoms with van der Waals surface area (Å²) in [5.74, 6) is -0.383. The molecular formula is C15H13BrFN3. The Balaban J connectivity index is 2.26. The first kappa shape index (κ1) is 14.4. The summed E-state index contributed by atoms with van der Waals surface area (Å²) in [6, 6.07) is 12.4. The van der Waals surface area contributed by atoms with Crippen LogP contribution in [0.4, 0.5) is 15.8 Å². The van der Waals surface area contributed by atoms with E-state index in [0.717, 1.165) is 11.3 Å². The fraction of sp³-hybridized carbons (Fsp3) is 0.133. The van der Waals surface area contributed by atoms with Crippen LogP contribution in [0.1, 0.15) is 11.1 Å². The molecule has 0 amide bonds. The first-order chi connectivity index (χ1) is 9.51. The van der Waals surface area contributed by atoms with Gasteiger partial charge in [-0.15, -0.1) is 0 Å². The fourth-order valence-corrected chi connectivity index (χ4v) is 2.31. The Labute approximate surface area is 125 Å². The van der Waals surface area contributed by atoms with Gasteiger partial charge in [0, 0.05) is 19.7 Å². The lowest BCUT2D eigenvalue weighted by atomic mass is 10.1. The van der Waals surface area contributed by atoms with E-state index in [0.29, 0.717) is 22.3 Å². The van der Waals surface area contributed by atoms with Crippen molar-refractivity contribution in [3.05, 3.63) is 57.8 Å². The molecule has 0 fully saturated rings. The molecule has 0 aliphatic heterocycles. The van der Waals surface area contributed by atoms with Crippen molar-refractivity contribution in [2.45, 2.75) is 6.54 Å². The predicted octanol–water partition coefficient (Wildman–Crippen LogP) is 3.68. The zero-order chi connectivity index (χ0) is 14.7. The highest BCUT2D eigenvalue weighted by atomic mass is 79.9. The van der Waals surface area contributed by atoms with Gasteiger partial charge in [0.25, 0.3) is 0 Å². The van der Waals surface area contributed by atoms with Crippen molar-refractivity contribution in [3.63, 3.8) is 0 Å². The molecule has 0 radical (unpaired) electrons. The molecule has 102 valence electrons. The molecule has 2 N–H and O–H groups in total. The van der Waals surface area contributed by atoms with Gasteiger partial charge in [0.2, 0.25) is 0 Å². The molecule has 2 aromatic rings. The minimum Gasteiger partial charge on any atom is -0.397 e. The summed E-state index contributed by atoms with van der Waals surface area (Å²) in [7, 11) is 1.87. The van der Waals surface area contributed by atoms with Gasteiger partial charge in [-0.3, -0.25) is 0 Å². The average molecular weight is 334 g/mol. The summed E-state index contributed by atoms with van der Waals surface area (Å²) in [4.78, 5) is 1.91. The smallest absolute Gasteiger partial charge is 0.139 e. The third kappa shape index (κ3) is 3.09. The average Bonchev–Trinajstić information content (AvgIpc) is 2.43. The van der Waals surface area contributed by atoms with Gasteiger partial charge in [0.05, 0.1) is 27.5 Å². The Morgan fingerprint density at radius 3 is 2.80 bits per heavy atom. The van der Waals surface area contributed by atoms with Crippen molar-refractivity contribution >= 4 is 27.3 Å². The van der Waals surface area contributed by atoms with Crippen LogP contribution in [-0.4, -0.2) is 7.05 Å². The highest BCUT2D eigenvalue weighted by molar-refractivity contribution is 9.10. The van der Waals surface area contributed by atoms with Crippen molar-refractivity contribution < 1.29 is 4.39 Å². The molecule has 3 nitrogen and oxygen atoms in total. The van der Waals surface area contributed by atoms with Gasteiger partial charge in [-0.1, -0.05) is 12.1 Å². The highest BCUT2D eigenvalue weighted by Gasteiger charge is 2.10.